The van der Waals surface area contributed by atoms with Crippen LogP contribution in [0, 0.1) is 0 Å². The molecule has 0 aromatic heterocycles. The van der Waals surface area contributed by atoms with E-state index in [1.54, 1.807) is 21.3 Å². The molecule has 0 unspecified atom stereocenters. The summed E-state index contributed by atoms with van der Waals surface area (Å²) in [5.74, 6) is 1.47. The molecule has 0 saturated carbocycles. The topological polar surface area (TPSA) is 30.8 Å². The van der Waals surface area contributed by atoms with E-state index in [1.165, 1.54) is 0 Å². The minimum absolute atomic E-state index is 0.736. The highest BCUT2D eigenvalue weighted by Crippen LogP contribution is 2.27. The van der Waals surface area contributed by atoms with Crippen molar-refractivity contribution in [2.45, 2.75) is 0 Å². The standard InChI is InChI=1S/C16H15Br2NO2/c1-19-16(10-4-12(17)8-13(18)5-10)11-6-14(20-2)9-15(7-11)21-3/h4-9H,1-3H3. The van der Waals surface area contributed by atoms with Gasteiger partial charge in [-0.05, 0) is 30.3 Å². The Hall–Kier alpha value is -1.33. The van der Waals surface area contributed by atoms with Crippen LogP contribution in [-0.2, 0) is 0 Å². The van der Waals surface area contributed by atoms with Gasteiger partial charge in [0.1, 0.15) is 11.5 Å². The van der Waals surface area contributed by atoms with Gasteiger partial charge in [0.25, 0.3) is 0 Å². The maximum Gasteiger partial charge on any atom is 0.123 e. The predicted molar refractivity (Wildman–Crippen MR) is 93.0 cm³/mol. The van der Waals surface area contributed by atoms with Crippen molar-refractivity contribution in [3.05, 3.63) is 56.5 Å². The third-order valence-electron chi connectivity index (χ3n) is 2.98. The first-order valence-corrected chi connectivity index (χ1v) is 7.82. The Balaban J connectivity index is 2.56. The first-order chi connectivity index (χ1) is 10.1. The first kappa shape index (κ1) is 16.0. The van der Waals surface area contributed by atoms with Crippen LogP contribution in [0.4, 0.5) is 0 Å². The van der Waals surface area contributed by atoms with Crippen molar-refractivity contribution >= 4 is 37.6 Å². The van der Waals surface area contributed by atoms with E-state index >= 15 is 0 Å². The molecule has 0 spiro atoms. The molecule has 0 aliphatic heterocycles. The fraction of sp³-hybridized carbons (Fsp3) is 0.188. The zero-order valence-electron chi connectivity index (χ0n) is 12.0. The number of hydrogen-bond acceptors (Lipinski definition) is 3. The molecule has 0 aliphatic rings. The molecular formula is C16H15Br2NO2. The Kier molecular flexibility index (Phi) is 5.42. The molecule has 0 atom stereocenters. The minimum Gasteiger partial charge on any atom is -0.497 e. The molecule has 0 aliphatic carbocycles. The molecule has 0 N–H and O–H groups in total. The lowest BCUT2D eigenvalue weighted by Gasteiger charge is -2.11. The van der Waals surface area contributed by atoms with Crippen molar-refractivity contribution in [2.24, 2.45) is 4.99 Å². The van der Waals surface area contributed by atoms with Crippen LogP contribution in [0.15, 0.2) is 50.3 Å². The molecule has 3 nitrogen and oxygen atoms in total. The van der Waals surface area contributed by atoms with Gasteiger partial charge in [0.05, 0.1) is 19.9 Å². The highest BCUT2D eigenvalue weighted by atomic mass is 79.9. The van der Waals surface area contributed by atoms with Crippen LogP contribution in [0.3, 0.4) is 0 Å². The summed E-state index contributed by atoms with van der Waals surface area (Å²) in [4.78, 5) is 4.43. The first-order valence-electron chi connectivity index (χ1n) is 6.24. The molecule has 0 bridgehead atoms. The summed E-state index contributed by atoms with van der Waals surface area (Å²) in [6, 6.07) is 11.8. The summed E-state index contributed by atoms with van der Waals surface area (Å²) in [6.45, 7) is 0. The third-order valence-corrected chi connectivity index (χ3v) is 3.90. The van der Waals surface area contributed by atoms with Gasteiger partial charge in [0.15, 0.2) is 0 Å². The van der Waals surface area contributed by atoms with Crippen LogP contribution >= 0.6 is 31.9 Å². The molecule has 0 amide bonds. The molecule has 0 heterocycles. The lowest BCUT2D eigenvalue weighted by molar-refractivity contribution is 0.394. The summed E-state index contributed by atoms with van der Waals surface area (Å²) in [5, 5.41) is 0. The minimum atomic E-state index is 0.736. The molecule has 0 saturated heterocycles. The summed E-state index contributed by atoms with van der Waals surface area (Å²) >= 11 is 7.01. The van der Waals surface area contributed by atoms with E-state index in [-0.39, 0.29) is 0 Å². The lowest BCUT2D eigenvalue weighted by atomic mass is 10.0. The van der Waals surface area contributed by atoms with Gasteiger partial charge in [-0.3, -0.25) is 4.99 Å². The Morgan fingerprint density at radius 3 is 1.71 bits per heavy atom. The zero-order valence-corrected chi connectivity index (χ0v) is 15.2. The van der Waals surface area contributed by atoms with Crippen LogP contribution in [0.1, 0.15) is 11.1 Å². The van der Waals surface area contributed by atoms with Gasteiger partial charge in [0.2, 0.25) is 0 Å². The second-order valence-corrected chi connectivity index (χ2v) is 6.16. The largest absolute Gasteiger partial charge is 0.497 e. The van der Waals surface area contributed by atoms with Gasteiger partial charge in [-0.15, -0.1) is 0 Å². The van der Waals surface area contributed by atoms with Gasteiger partial charge in [0, 0.05) is 33.2 Å². The quantitative estimate of drug-likeness (QED) is 0.681. The lowest BCUT2D eigenvalue weighted by Crippen LogP contribution is -2.04. The molecule has 21 heavy (non-hydrogen) atoms. The number of methoxy groups -OCH3 is 2. The molecule has 5 heteroatoms. The summed E-state index contributed by atoms with van der Waals surface area (Å²) in [7, 11) is 5.05. The van der Waals surface area contributed by atoms with E-state index in [1.807, 2.05) is 36.4 Å². The van der Waals surface area contributed by atoms with E-state index in [0.717, 1.165) is 37.3 Å². The molecule has 0 fully saturated rings. The number of halogens is 2. The van der Waals surface area contributed by atoms with Crippen LogP contribution < -0.4 is 9.47 Å². The smallest absolute Gasteiger partial charge is 0.123 e. The number of rotatable bonds is 4. The third kappa shape index (κ3) is 3.86. The monoisotopic (exact) mass is 411 g/mol. The van der Waals surface area contributed by atoms with Crippen molar-refractivity contribution in [1.29, 1.82) is 0 Å². The molecule has 2 rings (SSSR count). The van der Waals surface area contributed by atoms with Gasteiger partial charge in [-0.25, -0.2) is 0 Å². The number of nitrogens with zero attached hydrogens (tertiary/aromatic N) is 1. The van der Waals surface area contributed by atoms with E-state index in [4.69, 9.17) is 9.47 Å². The highest BCUT2D eigenvalue weighted by Gasteiger charge is 2.11. The van der Waals surface area contributed by atoms with E-state index in [2.05, 4.69) is 36.9 Å². The Labute approximate surface area is 141 Å². The van der Waals surface area contributed by atoms with Gasteiger partial charge < -0.3 is 9.47 Å². The van der Waals surface area contributed by atoms with Gasteiger partial charge >= 0.3 is 0 Å². The Bertz CT molecular complexity index is 641. The second kappa shape index (κ2) is 7.09. The van der Waals surface area contributed by atoms with Gasteiger partial charge in [-0.1, -0.05) is 31.9 Å². The molecule has 110 valence electrons. The van der Waals surface area contributed by atoms with Crippen molar-refractivity contribution in [2.75, 3.05) is 21.3 Å². The number of aliphatic imine (C=N–C) groups is 1. The van der Waals surface area contributed by atoms with Crippen LogP contribution in [0.25, 0.3) is 0 Å². The Morgan fingerprint density at radius 1 is 0.810 bits per heavy atom. The average molecular weight is 413 g/mol. The second-order valence-electron chi connectivity index (χ2n) is 4.33. The fourth-order valence-corrected chi connectivity index (χ4v) is 3.35. The molecule has 2 aromatic rings. The molecule has 2 aromatic carbocycles. The fourth-order valence-electron chi connectivity index (χ4n) is 2.06. The summed E-state index contributed by atoms with van der Waals surface area (Å²) in [6.07, 6.45) is 0. The summed E-state index contributed by atoms with van der Waals surface area (Å²) in [5.41, 5.74) is 2.82. The summed E-state index contributed by atoms with van der Waals surface area (Å²) < 4.78 is 12.6. The Morgan fingerprint density at radius 2 is 1.29 bits per heavy atom. The van der Waals surface area contributed by atoms with Gasteiger partial charge in [-0.2, -0.15) is 0 Å². The van der Waals surface area contributed by atoms with Crippen LogP contribution in [0.5, 0.6) is 11.5 Å². The number of ether oxygens (including phenoxy) is 2. The number of benzene rings is 2. The molecular weight excluding hydrogens is 398 g/mol. The zero-order chi connectivity index (χ0) is 15.4. The normalized spacial score (nSPS) is 11.4. The SMILES string of the molecule is CN=C(c1cc(Br)cc(Br)c1)c1cc(OC)cc(OC)c1. The van der Waals surface area contributed by atoms with E-state index in [0.29, 0.717) is 0 Å². The number of hydrogen-bond donors (Lipinski definition) is 0. The van der Waals surface area contributed by atoms with Crippen molar-refractivity contribution in [3.8, 4) is 11.5 Å². The highest BCUT2D eigenvalue weighted by molar-refractivity contribution is 9.11. The van der Waals surface area contributed by atoms with E-state index in [9.17, 15) is 0 Å². The average Bonchev–Trinajstić information content (AvgIpc) is 2.46. The van der Waals surface area contributed by atoms with E-state index < -0.39 is 0 Å². The van der Waals surface area contributed by atoms with Crippen molar-refractivity contribution < 1.29 is 9.47 Å². The van der Waals surface area contributed by atoms with Crippen LogP contribution in [-0.4, -0.2) is 27.0 Å². The van der Waals surface area contributed by atoms with Crippen molar-refractivity contribution in [3.63, 3.8) is 0 Å². The maximum atomic E-state index is 5.32. The molecule has 0 radical (unpaired) electrons. The predicted octanol–water partition coefficient (Wildman–Crippen LogP) is 4.70. The van der Waals surface area contributed by atoms with Crippen LogP contribution in [0.2, 0.25) is 0 Å². The van der Waals surface area contributed by atoms with Crippen molar-refractivity contribution in [1.82, 2.24) is 0 Å². The maximum absolute atomic E-state index is 5.32.